The van der Waals surface area contributed by atoms with Crippen LogP contribution in [0.25, 0.3) is 0 Å². The maximum atomic E-state index is 9.84. The SMILES string of the molecule is CCCOC1CCCN(CCC2CCCC2O)C1. The zero-order chi connectivity index (χ0) is 12.8. The first kappa shape index (κ1) is 14.3. The third-order valence-electron chi connectivity index (χ3n) is 4.46. The Kier molecular flexibility index (Phi) is 5.93. The molecule has 3 atom stereocenters. The molecule has 0 spiro atoms. The number of rotatable bonds is 6. The van der Waals surface area contributed by atoms with Crippen molar-refractivity contribution >= 4 is 0 Å². The van der Waals surface area contributed by atoms with E-state index in [0.717, 1.165) is 32.5 Å². The summed E-state index contributed by atoms with van der Waals surface area (Å²) in [4.78, 5) is 2.54. The van der Waals surface area contributed by atoms with E-state index >= 15 is 0 Å². The van der Waals surface area contributed by atoms with Gasteiger partial charge in [-0.05, 0) is 57.5 Å². The highest BCUT2D eigenvalue weighted by Gasteiger charge is 2.26. The minimum Gasteiger partial charge on any atom is -0.393 e. The van der Waals surface area contributed by atoms with E-state index < -0.39 is 0 Å². The average molecular weight is 255 g/mol. The third kappa shape index (κ3) is 4.22. The lowest BCUT2D eigenvalue weighted by molar-refractivity contribution is -0.00269. The lowest BCUT2D eigenvalue weighted by Crippen LogP contribution is -2.41. The van der Waals surface area contributed by atoms with Crippen molar-refractivity contribution in [2.24, 2.45) is 5.92 Å². The molecule has 3 unspecified atom stereocenters. The van der Waals surface area contributed by atoms with Gasteiger partial charge in [0.25, 0.3) is 0 Å². The summed E-state index contributed by atoms with van der Waals surface area (Å²) in [6, 6.07) is 0. The van der Waals surface area contributed by atoms with E-state index in [1.165, 1.54) is 38.6 Å². The molecule has 18 heavy (non-hydrogen) atoms. The van der Waals surface area contributed by atoms with Crippen LogP contribution in [0, 0.1) is 5.92 Å². The van der Waals surface area contributed by atoms with Gasteiger partial charge in [0.2, 0.25) is 0 Å². The van der Waals surface area contributed by atoms with Gasteiger partial charge in [-0.15, -0.1) is 0 Å². The zero-order valence-corrected chi connectivity index (χ0v) is 11.8. The molecule has 2 rings (SSSR count). The van der Waals surface area contributed by atoms with Gasteiger partial charge in [-0.2, -0.15) is 0 Å². The molecule has 1 saturated heterocycles. The predicted molar refractivity (Wildman–Crippen MR) is 73.7 cm³/mol. The third-order valence-corrected chi connectivity index (χ3v) is 4.46. The lowest BCUT2D eigenvalue weighted by atomic mass is 10.0. The fraction of sp³-hybridized carbons (Fsp3) is 1.00. The van der Waals surface area contributed by atoms with E-state index in [9.17, 15) is 5.11 Å². The Morgan fingerprint density at radius 2 is 2.11 bits per heavy atom. The van der Waals surface area contributed by atoms with Crippen LogP contribution in [0.5, 0.6) is 0 Å². The Morgan fingerprint density at radius 1 is 1.22 bits per heavy atom. The Morgan fingerprint density at radius 3 is 2.83 bits per heavy atom. The highest BCUT2D eigenvalue weighted by molar-refractivity contribution is 4.79. The molecule has 2 aliphatic rings. The maximum Gasteiger partial charge on any atom is 0.0702 e. The molecular weight excluding hydrogens is 226 g/mol. The van der Waals surface area contributed by atoms with Gasteiger partial charge in [0.15, 0.2) is 0 Å². The van der Waals surface area contributed by atoms with Crippen LogP contribution in [0.3, 0.4) is 0 Å². The summed E-state index contributed by atoms with van der Waals surface area (Å²) in [5, 5.41) is 9.84. The molecule has 1 saturated carbocycles. The van der Waals surface area contributed by atoms with Gasteiger partial charge < -0.3 is 14.7 Å². The van der Waals surface area contributed by atoms with E-state index in [-0.39, 0.29) is 6.10 Å². The first-order chi connectivity index (χ1) is 8.79. The minimum atomic E-state index is -0.0260. The number of aliphatic hydroxyl groups excluding tert-OH is 1. The largest absolute Gasteiger partial charge is 0.393 e. The molecule has 1 aliphatic carbocycles. The molecule has 1 aliphatic heterocycles. The zero-order valence-electron chi connectivity index (χ0n) is 11.8. The fourth-order valence-electron chi connectivity index (χ4n) is 3.34. The molecule has 1 heterocycles. The van der Waals surface area contributed by atoms with Gasteiger partial charge in [0.05, 0.1) is 12.2 Å². The van der Waals surface area contributed by atoms with Gasteiger partial charge in [0.1, 0.15) is 0 Å². The average Bonchev–Trinajstić information content (AvgIpc) is 2.80. The molecule has 2 fully saturated rings. The number of likely N-dealkylation sites (tertiary alicyclic amines) is 1. The Bertz CT molecular complexity index is 235. The smallest absolute Gasteiger partial charge is 0.0702 e. The first-order valence-electron chi connectivity index (χ1n) is 7.81. The molecule has 3 nitrogen and oxygen atoms in total. The minimum absolute atomic E-state index is 0.0260. The van der Waals surface area contributed by atoms with Gasteiger partial charge in [0, 0.05) is 13.2 Å². The molecule has 0 amide bonds. The molecule has 1 N–H and O–H groups in total. The summed E-state index contributed by atoms with van der Waals surface area (Å²) in [5.74, 6) is 0.557. The molecule has 0 aromatic rings. The van der Waals surface area contributed by atoms with E-state index in [0.29, 0.717) is 12.0 Å². The van der Waals surface area contributed by atoms with Crippen molar-refractivity contribution in [2.75, 3.05) is 26.2 Å². The summed E-state index contributed by atoms with van der Waals surface area (Å²) in [5.41, 5.74) is 0. The second kappa shape index (κ2) is 7.46. The number of hydrogen-bond acceptors (Lipinski definition) is 3. The fourth-order valence-corrected chi connectivity index (χ4v) is 3.34. The summed E-state index contributed by atoms with van der Waals surface area (Å²) in [6.45, 7) is 6.53. The number of ether oxygens (including phenoxy) is 1. The van der Waals surface area contributed by atoms with Crippen molar-refractivity contribution in [3.8, 4) is 0 Å². The van der Waals surface area contributed by atoms with Gasteiger partial charge >= 0.3 is 0 Å². The summed E-state index contributed by atoms with van der Waals surface area (Å²) in [6.07, 6.45) is 8.66. The van der Waals surface area contributed by atoms with E-state index in [1.807, 2.05) is 0 Å². The number of nitrogens with zero attached hydrogens (tertiary/aromatic N) is 1. The van der Waals surface area contributed by atoms with Crippen molar-refractivity contribution in [2.45, 2.75) is 64.1 Å². The Balaban J connectivity index is 1.65. The Hall–Kier alpha value is -0.120. The molecule has 0 radical (unpaired) electrons. The van der Waals surface area contributed by atoms with Crippen LogP contribution in [-0.4, -0.2) is 48.5 Å². The summed E-state index contributed by atoms with van der Waals surface area (Å²) >= 11 is 0. The highest BCUT2D eigenvalue weighted by atomic mass is 16.5. The monoisotopic (exact) mass is 255 g/mol. The summed E-state index contributed by atoms with van der Waals surface area (Å²) in [7, 11) is 0. The van der Waals surface area contributed by atoms with Crippen molar-refractivity contribution in [1.29, 1.82) is 0 Å². The van der Waals surface area contributed by atoms with Crippen molar-refractivity contribution in [1.82, 2.24) is 4.90 Å². The molecule has 0 aromatic heterocycles. The van der Waals surface area contributed by atoms with Gasteiger partial charge in [-0.1, -0.05) is 13.3 Å². The normalized spacial score (nSPS) is 34.0. The van der Waals surface area contributed by atoms with E-state index in [4.69, 9.17) is 4.74 Å². The second-order valence-corrected chi connectivity index (χ2v) is 5.98. The van der Waals surface area contributed by atoms with Crippen molar-refractivity contribution in [3.05, 3.63) is 0 Å². The van der Waals surface area contributed by atoms with Crippen LogP contribution >= 0.6 is 0 Å². The molecule has 106 valence electrons. The van der Waals surface area contributed by atoms with Crippen LogP contribution in [0.15, 0.2) is 0 Å². The van der Waals surface area contributed by atoms with Gasteiger partial charge in [-0.25, -0.2) is 0 Å². The van der Waals surface area contributed by atoms with Crippen LogP contribution in [0.1, 0.15) is 51.9 Å². The highest BCUT2D eigenvalue weighted by Crippen LogP contribution is 2.28. The van der Waals surface area contributed by atoms with Gasteiger partial charge in [-0.3, -0.25) is 0 Å². The van der Waals surface area contributed by atoms with Crippen molar-refractivity contribution < 1.29 is 9.84 Å². The number of hydrogen-bond donors (Lipinski definition) is 1. The molecule has 3 heteroatoms. The maximum absolute atomic E-state index is 9.84. The second-order valence-electron chi connectivity index (χ2n) is 5.98. The molecule has 0 bridgehead atoms. The first-order valence-corrected chi connectivity index (χ1v) is 7.81. The quantitative estimate of drug-likeness (QED) is 0.791. The predicted octanol–water partition coefficient (Wildman–Crippen LogP) is 2.43. The van der Waals surface area contributed by atoms with E-state index in [1.54, 1.807) is 0 Å². The van der Waals surface area contributed by atoms with Crippen LogP contribution in [0.2, 0.25) is 0 Å². The lowest BCUT2D eigenvalue weighted by Gasteiger charge is -2.33. The molecular formula is C15H29NO2. The Labute approximate surface area is 112 Å². The standard InChI is InChI=1S/C15H29NO2/c1-2-11-18-14-6-4-9-16(12-14)10-8-13-5-3-7-15(13)17/h13-15,17H,2-12H2,1H3. The van der Waals surface area contributed by atoms with E-state index in [2.05, 4.69) is 11.8 Å². The van der Waals surface area contributed by atoms with Crippen LogP contribution in [0.4, 0.5) is 0 Å². The topological polar surface area (TPSA) is 32.7 Å². The number of piperidine rings is 1. The van der Waals surface area contributed by atoms with Crippen LogP contribution in [-0.2, 0) is 4.74 Å². The van der Waals surface area contributed by atoms with Crippen LogP contribution < -0.4 is 0 Å². The summed E-state index contributed by atoms with van der Waals surface area (Å²) < 4.78 is 5.86. The molecule has 0 aromatic carbocycles. The van der Waals surface area contributed by atoms with Crippen molar-refractivity contribution in [3.63, 3.8) is 0 Å². The number of aliphatic hydroxyl groups is 1.